The maximum atomic E-state index is 12.8. The summed E-state index contributed by atoms with van der Waals surface area (Å²) in [5.41, 5.74) is -1.02. The summed E-state index contributed by atoms with van der Waals surface area (Å²) < 4.78 is 40.0. The Kier molecular flexibility index (Phi) is 4.56. The molecule has 0 aliphatic carbocycles. The van der Waals surface area contributed by atoms with Crippen LogP contribution in [0.4, 0.5) is 13.2 Å². The van der Waals surface area contributed by atoms with E-state index < -0.39 is 17.3 Å². The molecule has 1 aromatic carbocycles. The van der Waals surface area contributed by atoms with E-state index in [1.54, 1.807) is 13.2 Å². The normalized spacial score (nSPS) is 11.2. The van der Waals surface area contributed by atoms with E-state index in [0.29, 0.717) is 5.56 Å². The number of ketones is 1. The lowest BCUT2D eigenvalue weighted by Crippen LogP contribution is -2.08. The van der Waals surface area contributed by atoms with Crippen LogP contribution in [-0.2, 0) is 13.2 Å². The summed E-state index contributed by atoms with van der Waals surface area (Å²) in [7, 11) is 1.67. The van der Waals surface area contributed by atoms with Gasteiger partial charge in [-0.2, -0.15) is 23.5 Å². The predicted molar refractivity (Wildman–Crippen MR) is 74.4 cm³/mol. The van der Waals surface area contributed by atoms with Gasteiger partial charge in [0.25, 0.3) is 0 Å². The van der Waals surface area contributed by atoms with Gasteiger partial charge in [-0.25, -0.2) is 0 Å². The van der Waals surface area contributed by atoms with Gasteiger partial charge >= 0.3 is 6.18 Å². The molecule has 0 N–H and O–H groups in total. The molecule has 0 radical (unpaired) electrons. The topological polar surface area (TPSA) is 58.7 Å². The Morgan fingerprint density at radius 2 is 2.18 bits per heavy atom. The average molecular weight is 325 g/mol. The highest BCUT2D eigenvalue weighted by Crippen LogP contribution is 2.34. The zero-order chi connectivity index (χ0) is 16.3. The Morgan fingerprint density at radius 3 is 2.73 bits per heavy atom. The van der Waals surface area contributed by atoms with Crippen LogP contribution in [-0.4, -0.2) is 21.3 Å². The Balaban J connectivity index is 2.14. The summed E-state index contributed by atoms with van der Waals surface area (Å²) in [6, 6.07) is 4.91. The monoisotopic (exact) mass is 325 g/mol. The number of aryl methyl sites for hydroxylation is 1. The standard InChI is InChI=1S/C14H10F3N3OS/c1-20-7-10(6-19-20)13(21)8-22-11-3-2-9(5-18)12(4-11)14(15,16)17/h2-4,6-7H,8H2,1H3. The lowest BCUT2D eigenvalue weighted by molar-refractivity contribution is -0.137. The van der Waals surface area contributed by atoms with Crippen molar-refractivity contribution in [3.63, 3.8) is 0 Å². The van der Waals surface area contributed by atoms with Crippen molar-refractivity contribution in [3.05, 3.63) is 47.3 Å². The highest BCUT2D eigenvalue weighted by atomic mass is 32.2. The summed E-state index contributed by atoms with van der Waals surface area (Å²) in [6.45, 7) is 0. The molecule has 0 saturated heterocycles. The molecule has 0 amide bonds. The molecule has 0 aliphatic rings. The van der Waals surface area contributed by atoms with Crippen LogP contribution in [0.25, 0.3) is 0 Å². The third-order valence-corrected chi connectivity index (χ3v) is 3.81. The summed E-state index contributed by atoms with van der Waals surface area (Å²) in [4.78, 5) is 12.2. The van der Waals surface area contributed by atoms with Crippen LogP contribution in [0.15, 0.2) is 35.5 Å². The SMILES string of the molecule is Cn1cc(C(=O)CSc2ccc(C#N)c(C(F)(F)F)c2)cn1. The van der Waals surface area contributed by atoms with Crippen LogP contribution >= 0.6 is 11.8 Å². The van der Waals surface area contributed by atoms with Gasteiger partial charge in [-0.15, -0.1) is 11.8 Å². The van der Waals surface area contributed by atoms with E-state index in [2.05, 4.69) is 5.10 Å². The number of Topliss-reactive ketones (excluding diaryl/α,β-unsaturated/α-hetero) is 1. The molecule has 0 bridgehead atoms. The first-order valence-corrected chi connectivity index (χ1v) is 7.06. The molecule has 0 atom stereocenters. The molecule has 22 heavy (non-hydrogen) atoms. The second-order valence-corrected chi connectivity index (χ2v) is 5.48. The number of hydrogen-bond acceptors (Lipinski definition) is 4. The fourth-order valence-electron chi connectivity index (χ4n) is 1.74. The maximum Gasteiger partial charge on any atom is 0.417 e. The minimum absolute atomic E-state index is 0.00507. The van der Waals surface area contributed by atoms with Gasteiger partial charge in [0.2, 0.25) is 0 Å². The van der Waals surface area contributed by atoms with E-state index in [-0.39, 0.29) is 16.4 Å². The maximum absolute atomic E-state index is 12.8. The van der Waals surface area contributed by atoms with Crippen molar-refractivity contribution in [2.24, 2.45) is 7.05 Å². The van der Waals surface area contributed by atoms with E-state index in [1.807, 2.05) is 0 Å². The number of rotatable bonds is 4. The van der Waals surface area contributed by atoms with Gasteiger partial charge in [0, 0.05) is 18.1 Å². The first-order valence-electron chi connectivity index (χ1n) is 6.07. The second-order valence-electron chi connectivity index (χ2n) is 4.43. The van der Waals surface area contributed by atoms with Crippen LogP contribution in [0, 0.1) is 11.3 Å². The zero-order valence-corrected chi connectivity index (χ0v) is 12.2. The lowest BCUT2D eigenvalue weighted by atomic mass is 10.1. The highest BCUT2D eigenvalue weighted by Gasteiger charge is 2.33. The summed E-state index contributed by atoms with van der Waals surface area (Å²) in [6.07, 6.45) is -1.65. The number of benzene rings is 1. The largest absolute Gasteiger partial charge is 0.417 e. The van der Waals surface area contributed by atoms with Gasteiger partial charge < -0.3 is 0 Å². The Hall–Kier alpha value is -2.27. The van der Waals surface area contributed by atoms with E-state index in [9.17, 15) is 18.0 Å². The second kappa shape index (κ2) is 6.23. The number of hydrogen-bond donors (Lipinski definition) is 0. The fourth-order valence-corrected chi connectivity index (χ4v) is 2.57. The van der Waals surface area contributed by atoms with Gasteiger partial charge in [0.15, 0.2) is 5.78 Å². The molecule has 2 rings (SSSR count). The first kappa shape index (κ1) is 16.1. The van der Waals surface area contributed by atoms with Gasteiger partial charge in [-0.3, -0.25) is 9.48 Å². The van der Waals surface area contributed by atoms with Crippen molar-refractivity contribution < 1.29 is 18.0 Å². The summed E-state index contributed by atoms with van der Waals surface area (Å²) >= 11 is 0.986. The molecule has 0 unspecified atom stereocenters. The lowest BCUT2D eigenvalue weighted by Gasteiger charge is -2.10. The molecule has 2 aromatic rings. The fraction of sp³-hybridized carbons (Fsp3) is 0.214. The summed E-state index contributed by atoms with van der Waals surface area (Å²) in [5, 5.41) is 12.6. The molecule has 1 aromatic heterocycles. The predicted octanol–water partition coefficient (Wildman–Crippen LogP) is 3.29. The Labute approximate surface area is 128 Å². The molecule has 4 nitrogen and oxygen atoms in total. The molecular weight excluding hydrogens is 315 g/mol. The first-order chi connectivity index (χ1) is 10.3. The van der Waals surface area contributed by atoms with Crippen LogP contribution in [0.1, 0.15) is 21.5 Å². The van der Waals surface area contributed by atoms with E-state index in [1.165, 1.54) is 23.0 Å². The van der Waals surface area contributed by atoms with Crippen molar-refractivity contribution in [3.8, 4) is 6.07 Å². The zero-order valence-electron chi connectivity index (χ0n) is 11.4. The molecule has 0 fully saturated rings. The number of carbonyl (C=O) groups excluding carboxylic acids is 1. The highest BCUT2D eigenvalue weighted by molar-refractivity contribution is 8.00. The smallest absolute Gasteiger partial charge is 0.293 e. The van der Waals surface area contributed by atoms with E-state index in [4.69, 9.17) is 5.26 Å². The molecule has 8 heteroatoms. The third-order valence-electron chi connectivity index (χ3n) is 2.81. The number of nitriles is 1. The number of aromatic nitrogens is 2. The van der Waals surface area contributed by atoms with Crippen molar-refractivity contribution >= 4 is 17.5 Å². The summed E-state index contributed by atoms with van der Waals surface area (Å²) in [5.74, 6) is -0.231. The molecular formula is C14H10F3N3OS. The van der Waals surface area contributed by atoms with Gasteiger partial charge in [-0.05, 0) is 18.2 Å². The third kappa shape index (κ3) is 3.68. The quantitative estimate of drug-likeness (QED) is 0.639. The van der Waals surface area contributed by atoms with Gasteiger partial charge in [-0.1, -0.05) is 0 Å². The van der Waals surface area contributed by atoms with E-state index >= 15 is 0 Å². The van der Waals surface area contributed by atoms with Crippen molar-refractivity contribution in [1.82, 2.24) is 9.78 Å². The number of alkyl halides is 3. The average Bonchev–Trinajstić information content (AvgIpc) is 2.90. The molecule has 0 spiro atoms. The molecule has 114 valence electrons. The van der Waals surface area contributed by atoms with Gasteiger partial charge in [0.05, 0.1) is 34.7 Å². The minimum atomic E-state index is -4.60. The van der Waals surface area contributed by atoms with Gasteiger partial charge in [0.1, 0.15) is 0 Å². The van der Waals surface area contributed by atoms with Crippen LogP contribution < -0.4 is 0 Å². The number of halogens is 3. The molecule has 0 aliphatic heterocycles. The number of thioether (sulfide) groups is 1. The minimum Gasteiger partial charge on any atom is -0.293 e. The Bertz CT molecular complexity index is 747. The molecule has 1 heterocycles. The van der Waals surface area contributed by atoms with E-state index in [0.717, 1.165) is 23.9 Å². The van der Waals surface area contributed by atoms with Crippen LogP contribution in [0.5, 0.6) is 0 Å². The Morgan fingerprint density at radius 1 is 1.45 bits per heavy atom. The number of carbonyl (C=O) groups is 1. The van der Waals surface area contributed by atoms with Crippen molar-refractivity contribution in [2.75, 3.05) is 5.75 Å². The van der Waals surface area contributed by atoms with Crippen LogP contribution in [0.2, 0.25) is 0 Å². The van der Waals surface area contributed by atoms with Crippen molar-refractivity contribution in [1.29, 1.82) is 5.26 Å². The van der Waals surface area contributed by atoms with Crippen molar-refractivity contribution in [2.45, 2.75) is 11.1 Å². The molecule has 0 saturated carbocycles. The van der Waals surface area contributed by atoms with Crippen LogP contribution in [0.3, 0.4) is 0 Å². The number of nitrogens with zero attached hydrogens (tertiary/aromatic N) is 3.